The van der Waals surface area contributed by atoms with Gasteiger partial charge >= 0.3 is 0 Å². The third-order valence-electron chi connectivity index (χ3n) is 15.4. The van der Waals surface area contributed by atoms with E-state index < -0.39 is 5.41 Å². The molecule has 1 heterocycles. The van der Waals surface area contributed by atoms with Crippen LogP contribution in [0.15, 0.2) is 235 Å². The Kier molecular flexibility index (Phi) is 11.3. The van der Waals surface area contributed by atoms with Crippen molar-refractivity contribution in [1.82, 2.24) is 0 Å². The average Bonchev–Trinajstić information content (AvgIpc) is 3.94. The number of para-hydroxylation sites is 1. The summed E-state index contributed by atoms with van der Waals surface area (Å²) in [7, 11) is 0. The first-order valence-corrected chi connectivity index (χ1v) is 26.1. The quantitative estimate of drug-likeness (QED) is 0.144. The molecule has 0 aliphatic heterocycles. The Morgan fingerprint density at radius 3 is 1.27 bits per heavy atom. The maximum Gasteiger partial charge on any atom is 0.145 e. The molecule has 0 saturated heterocycles. The van der Waals surface area contributed by atoms with E-state index in [4.69, 9.17) is 4.42 Å². The molecule has 0 radical (unpaired) electrons. The fourth-order valence-electron chi connectivity index (χ4n) is 11.2. The van der Waals surface area contributed by atoms with Crippen LogP contribution in [0.5, 0.6) is 0 Å². The van der Waals surface area contributed by atoms with Crippen molar-refractivity contribution in [3.63, 3.8) is 0 Å². The molecule has 1 aliphatic rings. The van der Waals surface area contributed by atoms with E-state index in [9.17, 15) is 0 Å². The van der Waals surface area contributed by atoms with E-state index in [1.165, 1.54) is 50.1 Å². The molecular weight excluding hydrogens is 897 g/mol. The number of benzene rings is 10. The highest BCUT2D eigenvalue weighted by Gasteiger charge is 2.40. The number of hydrogen-bond acceptors (Lipinski definition) is 3. The summed E-state index contributed by atoms with van der Waals surface area (Å²) in [5.41, 5.74) is 22.4. The third-order valence-corrected chi connectivity index (χ3v) is 15.4. The highest BCUT2D eigenvalue weighted by molar-refractivity contribution is 6.21. The lowest BCUT2D eigenvalue weighted by Crippen LogP contribution is -2.18. The summed E-state index contributed by atoms with van der Waals surface area (Å²) in [6, 6.07) is 84.5. The predicted molar refractivity (Wildman–Crippen MR) is 314 cm³/mol. The van der Waals surface area contributed by atoms with Gasteiger partial charge in [-0.25, -0.2) is 0 Å². The van der Waals surface area contributed by atoms with Crippen molar-refractivity contribution in [2.75, 3.05) is 9.80 Å². The van der Waals surface area contributed by atoms with Crippen LogP contribution >= 0.6 is 0 Å². The van der Waals surface area contributed by atoms with Crippen LogP contribution in [0.3, 0.4) is 0 Å². The Hall–Kier alpha value is -8.40. The molecule has 10 aromatic carbocycles. The summed E-state index contributed by atoms with van der Waals surface area (Å²) in [6.07, 6.45) is 0. The van der Waals surface area contributed by atoms with Crippen molar-refractivity contribution in [3.05, 3.63) is 253 Å². The Morgan fingerprint density at radius 2 is 0.784 bits per heavy atom. The molecule has 74 heavy (non-hydrogen) atoms. The van der Waals surface area contributed by atoms with E-state index in [-0.39, 0.29) is 10.8 Å². The van der Waals surface area contributed by atoms with E-state index in [2.05, 4.69) is 296 Å². The smallest absolute Gasteiger partial charge is 0.145 e. The van der Waals surface area contributed by atoms with Crippen LogP contribution in [0.25, 0.3) is 66.4 Å². The van der Waals surface area contributed by atoms with Crippen LogP contribution in [0.2, 0.25) is 0 Å². The molecule has 0 N–H and O–H groups in total. The van der Waals surface area contributed by atoms with Gasteiger partial charge in [-0.1, -0.05) is 219 Å². The maximum absolute atomic E-state index is 7.50. The van der Waals surface area contributed by atoms with Gasteiger partial charge in [-0.2, -0.15) is 0 Å². The van der Waals surface area contributed by atoms with E-state index in [1.807, 2.05) is 0 Å². The van der Waals surface area contributed by atoms with Crippen LogP contribution in [0.1, 0.15) is 77.6 Å². The molecule has 0 unspecified atom stereocenters. The molecule has 0 fully saturated rings. The topological polar surface area (TPSA) is 19.6 Å². The molecule has 362 valence electrons. The number of hydrogen-bond donors (Lipinski definition) is 0. The van der Waals surface area contributed by atoms with Gasteiger partial charge in [-0.3, -0.25) is 0 Å². The number of rotatable bonds is 9. The van der Waals surface area contributed by atoms with E-state index in [0.29, 0.717) is 0 Å². The second-order valence-corrected chi connectivity index (χ2v) is 22.6. The third kappa shape index (κ3) is 8.18. The molecule has 0 spiro atoms. The minimum absolute atomic E-state index is 0.00184. The zero-order chi connectivity index (χ0) is 50.9. The van der Waals surface area contributed by atoms with Crippen LogP contribution in [-0.4, -0.2) is 0 Å². The van der Waals surface area contributed by atoms with Gasteiger partial charge in [-0.05, 0) is 133 Å². The molecule has 11 aromatic rings. The summed E-state index contributed by atoms with van der Waals surface area (Å²) in [6.45, 7) is 18.5. The lowest BCUT2D eigenvalue weighted by atomic mass is 9.81. The van der Waals surface area contributed by atoms with Gasteiger partial charge < -0.3 is 14.2 Å². The van der Waals surface area contributed by atoms with Gasteiger partial charge in [-0.15, -0.1) is 0 Å². The number of anilines is 6. The molecule has 0 bridgehead atoms. The Bertz CT molecular complexity index is 3820. The molecule has 3 heteroatoms. The fourth-order valence-corrected chi connectivity index (χ4v) is 11.2. The molecular formula is C71H62N2O. The first-order chi connectivity index (χ1) is 35.7. The summed E-state index contributed by atoms with van der Waals surface area (Å²) in [4.78, 5) is 4.87. The molecule has 12 rings (SSSR count). The Morgan fingerprint density at radius 1 is 0.351 bits per heavy atom. The summed E-state index contributed by atoms with van der Waals surface area (Å²) >= 11 is 0. The van der Waals surface area contributed by atoms with Crippen molar-refractivity contribution in [3.8, 4) is 44.5 Å². The SMILES string of the molecule is CC(C)(C)c1ccc(N(c2ccc(-c3ccccc3)cc2)c2ccc3c(c2)C(C)(C)c2cc(N(c4ccc(-c5ccccc5)cc4)c4ccc(C(C)(C)C)cc4)c4c(oc5c(-c6ccccc6)cccc54)c2-3)cc1. The van der Waals surface area contributed by atoms with Crippen LogP contribution in [0, 0.1) is 0 Å². The van der Waals surface area contributed by atoms with Gasteiger partial charge in [0.1, 0.15) is 11.2 Å². The molecule has 1 aromatic heterocycles. The summed E-state index contributed by atoms with van der Waals surface area (Å²) in [5.74, 6) is 0. The van der Waals surface area contributed by atoms with Crippen molar-refractivity contribution >= 4 is 56.1 Å². The highest BCUT2D eigenvalue weighted by atomic mass is 16.3. The van der Waals surface area contributed by atoms with Gasteiger partial charge in [0.2, 0.25) is 0 Å². The number of fused-ring (bicyclic) bond motifs is 7. The lowest BCUT2D eigenvalue weighted by molar-refractivity contribution is 0.590. The zero-order valence-corrected chi connectivity index (χ0v) is 43.7. The first-order valence-electron chi connectivity index (χ1n) is 26.1. The van der Waals surface area contributed by atoms with Crippen LogP contribution < -0.4 is 9.80 Å². The number of nitrogens with zero attached hydrogens (tertiary/aromatic N) is 2. The van der Waals surface area contributed by atoms with Crippen molar-refractivity contribution in [2.45, 2.75) is 71.6 Å². The monoisotopic (exact) mass is 958 g/mol. The van der Waals surface area contributed by atoms with Gasteiger partial charge in [0.05, 0.1) is 11.1 Å². The fraction of sp³-hybridized carbons (Fsp3) is 0.155. The minimum atomic E-state index is -0.414. The molecule has 0 saturated carbocycles. The summed E-state index contributed by atoms with van der Waals surface area (Å²) < 4.78 is 7.50. The van der Waals surface area contributed by atoms with Crippen molar-refractivity contribution in [2.24, 2.45) is 0 Å². The van der Waals surface area contributed by atoms with E-state index >= 15 is 0 Å². The lowest BCUT2D eigenvalue weighted by Gasteiger charge is -2.30. The standard InChI is InChI=1S/C71H62N2O/c1-69(2,3)52-31-39-55(40-32-52)72(54-35-27-49(28-36-54)47-19-12-9-13-20-47)58-43-44-60-62(45-58)71(7,8)63-46-64(66-61-26-18-25-59(51-23-16-11-17-24-51)67(61)74-68(66)65(60)63)73(57-41-33-53(34-42-57)70(4,5)6)56-37-29-50(30-38-56)48-21-14-10-15-22-48/h9-46H,1-8H3. The molecule has 3 nitrogen and oxygen atoms in total. The highest BCUT2D eigenvalue weighted by Crippen LogP contribution is 2.58. The second-order valence-electron chi connectivity index (χ2n) is 22.6. The predicted octanol–water partition coefficient (Wildman–Crippen LogP) is 20.4. The Balaban J connectivity index is 1.08. The Labute approximate surface area is 437 Å². The van der Waals surface area contributed by atoms with Gasteiger partial charge in [0.15, 0.2) is 0 Å². The van der Waals surface area contributed by atoms with Crippen LogP contribution in [0.4, 0.5) is 34.1 Å². The van der Waals surface area contributed by atoms with Crippen molar-refractivity contribution in [1.29, 1.82) is 0 Å². The largest absolute Gasteiger partial charge is 0.455 e. The first kappa shape index (κ1) is 46.7. The molecule has 0 amide bonds. The zero-order valence-electron chi connectivity index (χ0n) is 43.7. The maximum atomic E-state index is 7.50. The van der Waals surface area contributed by atoms with Crippen LogP contribution in [-0.2, 0) is 16.2 Å². The van der Waals surface area contributed by atoms with Crippen molar-refractivity contribution < 1.29 is 4.42 Å². The normalized spacial score (nSPS) is 13.0. The van der Waals surface area contributed by atoms with E-state index in [0.717, 1.165) is 72.8 Å². The average molecular weight is 959 g/mol. The second kappa shape index (κ2) is 18.0. The van der Waals surface area contributed by atoms with Gasteiger partial charge in [0.25, 0.3) is 0 Å². The minimum Gasteiger partial charge on any atom is -0.455 e. The number of furan rings is 1. The summed E-state index contributed by atoms with van der Waals surface area (Å²) in [5, 5.41) is 2.18. The molecule has 1 aliphatic carbocycles. The van der Waals surface area contributed by atoms with E-state index in [1.54, 1.807) is 0 Å². The molecule has 0 atom stereocenters. The van der Waals surface area contributed by atoms with Gasteiger partial charge in [0, 0.05) is 50.4 Å².